The van der Waals surface area contributed by atoms with Crippen LogP contribution in [0.25, 0.3) is 0 Å². The molecule has 4 heteroatoms. The molecule has 2 aromatic rings. The lowest BCUT2D eigenvalue weighted by Gasteiger charge is -2.15. The molecule has 0 nitrogen and oxygen atoms in total. The zero-order valence-electron chi connectivity index (χ0n) is 10.8. The van der Waals surface area contributed by atoms with Crippen molar-refractivity contribution in [3.05, 3.63) is 68.7 Å². The van der Waals surface area contributed by atoms with Gasteiger partial charge in [-0.25, -0.2) is 0 Å². The fraction of sp³-hybridized carbons (Fsp3) is 0.250. The van der Waals surface area contributed by atoms with Gasteiger partial charge in [0, 0.05) is 20.9 Å². The van der Waals surface area contributed by atoms with E-state index in [1.165, 1.54) is 5.56 Å². The Morgan fingerprint density at radius 3 is 2.10 bits per heavy atom. The van der Waals surface area contributed by atoms with Crippen molar-refractivity contribution in [2.45, 2.75) is 12.8 Å². The first kappa shape index (κ1) is 16.0. The zero-order chi connectivity index (χ0) is 14.5. The van der Waals surface area contributed by atoms with E-state index in [0.29, 0.717) is 16.8 Å². The Morgan fingerprint density at radius 1 is 0.800 bits per heavy atom. The predicted octanol–water partition coefficient (Wildman–Crippen LogP) is 6.29. The first-order valence-electron chi connectivity index (χ1n) is 6.33. The first-order valence-corrected chi connectivity index (χ1v) is 7.99. The molecular formula is C16H14Cl4. The minimum Gasteiger partial charge on any atom is -0.126 e. The summed E-state index contributed by atoms with van der Waals surface area (Å²) in [6.45, 7) is 0. The molecule has 0 saturated heterocycles. The van der Waals surface area contributed by atoms with Crippen LogP contribution in [0.15, 0.2) is 42.5 Å². The molecular weight excluding hydrogens is 334 g/mol. The topological polar surface area (TPSA) is 0 Å². The van der Waals surface area contributed by atoms with Crippen LogP contribution in [0.1, 0.15) is 11.1 Å². The molecule has 0 aromatic heterocycles. The fourth-order valence-corrected chi connectivity index (χ4v) is 2.88. The average Bonchev–Trinajstić information content (AvgIpc) is 2.44. The third-order valence-corrected chi connectivity index (χ3v) is 4.46. The molecule has 0 heterocycles. The monoisotopic (exact) mass is 346 g/mol. The van der Waals surface area contributed by atoms with E-state index in [1.807, 2.05) is 36.4 Å². The zero-order valence-corrected chi connectivity index (χ0v) is 13.8. The minimum absolute atomic E-state index is 0.314. The largest absolute Gasteiger partial charge is 0.126 e. The smallest absolute Gasteiger partial charge is 0.0439 e. The maximum absolute atomic E-state index is 6.20. The summed E-state index contributed by atoms with van der Waals surface area (Å²) >= 11 is 24.2. The van der Waals surface area contributed by atoms with Gasteiger partial charge in [-0.05, 0) is 60.2 Å². The molecule has 0 bridgehead atoms. The lowest BCUT2D eigenvalue weighted by Crippen LogP contribution is -2.10. The van der Waals surface area contributed by atoms with Crippen LogP contribution in [-0.4, -0.2) is 5.88 Å². The number of rotatable bonds is 5. The highest BCUT2D eigenvalue weighted by molar-refractivity contribution is 6.33. The van der Waals surface area contributed by atoms with E-state index in [9.17, 15) is 0 Å². The van der Waals surface area contributed by atoms with Crippen LogP contribution in [0.3, 0.4) is 0 Å². The van der Waals surface area contributed by atoms with Crippen molar-refractivity contribution < 1.29 is 0 Å². The van der Waals surface area contributed by atoms with Crippen molar-refractivity contribution >= 4 is 46.4 Å². The van der Waals surface area contributed by atoms with E-state index >= 15 is 0 Å². The molecule has 0 saturated carbocycles. The van der Waals surface area contributed by atoms with Crippen LogP contribution in [0.4, 0.5) is 0 Å². The normalized spacial score (nSPS) is 12.4. The Labute approximate surface area is 139 Å². The number of hydrogen-bond acceptors (Lipinski definition) is 0. The van der Waals surface area contributed by atoms with Gasteiger partial charge in [0.25, 0.3) is 0 Å². The highest BCUT2D eigenvalue weighted by Crippen LogP contribution is 2.25. The molecule has 0 radical (unpaired) electrons. The van der Waals surface area contributed by atoms with Crippen LogP contribution in [0.5, 0.6) is 0 Å². The van der Waals surface area contributed by atoms with Gasteiger partial charge in [-0.2, -0.15) is 0 Å². The van der Waals surface area contributed by atoms with E-state index in [4.69, 9.17) is 46.4 Å². The molecule has 0 aliphatic heterocycles. The quantitative estimate of drug-likeness (QED) is 0.557. The van der Waals surface area contributed by atoms with Gasteiger partial charge in [-0.1, -0.05) is 46.9 Å². The van der Waals surface area contributed by atoms with Gasteiger partial charge < -0.3 is 0 Å². The van der Waals surface area contributed by atoms with Crippen molar-refractivity contribution in [2.75, 3.05) is 5.88 Å². The molecule has 0 amide bonds. The molecule has 1 unspecified atom stereocenters. The highest BCUT2D eigenvalue weighted by Gasteiger charge is 2.12. The van der Waals surface area contributed by atoms with Crippen LogP contribution in [0.2, 0.25) is 15.1 Å². The molecule has 0 aliphatic rings. The van der Waals surface area contributed by atoms with Gasteiger partial charge in [0.05, 0.1) is 0 Å². The van der Waals surface area contributed by atoms with Crippen molar-refractivity contribution in [3.8, 4) is 0 Å². The van der Waals surface area contributed by atoms with Crippen LogP contribution in [0, 0.1) is 5.92 Å². The van der Waals surface area contributed by atoms with Crippen LogP contribution < -0.4 is 0 Å². The van der Waals surface area contributed by atoms with Gasteiger partial charge in [-0.3, -0.25) is 0 Å². The van der Waals surface area contributed by atoms with Crippen molar-refractivity contribution in [1.29, 1.82) is 0 Å². The van der Waals surface area contributed by atoms with Crippen molar-refractivity contribution in [3.63, 3.8) is 0 Å². The third-order valence-electron chi connectivity index (χ3n) is 3.17. The second kappa shape index (κ2) is 7.56. The predicted molar refractivity (Wildman–Crippen MR) is 89.5 cm³/mol. The standard InChI is InChI=1S/C16H14Cl4/c17-10-12(7-11-1-3-14(18)4-2-11)8-13-9-15(19)5-6-16(13)20/h1-6,9,12H,7-8,10H2. The molecule has 0 N–H and O–H groups in total. The van der Waals surface area contributed by atoms with E-state index < -0.39 is 0 Å². The highest BCUT2D eigenvalue weighted by atomic mass is 35.5. The Bertz CT molecular complexity index is 563. The summed E-state index contributed by atoms with van der Waals surface area (Å²) in [6, 6.07) is 13.4. The molecule has 20 heavy (non-hydrogen) atoms. The Balaban J connectivity index is 2.08. The van der Waals surface area contributed by atoms with Crippen LogP contribution in [-0.2, 0) is 12.8 Å². The minimum atomic E-state index is 0.314. The summed E-state index contributed by atoms with van der Waals surface area (Å²) < 4.78 is 0. The summed E-state index contributed by atoms with van der Waals surface area (Å²) in [5.74, 6) is 0.889. The van der Waals surface area contributed by atoms with Gasteiger partial charge in [-0.15, -0.1) is 11.6 Å². The molecule has 106 valence electrons. The molecule has 2 aromatic carbocycles. The maximum atomic E-state index is 6.20. The molecule has 0 spiro atoms. The maximum Gasteiger partial charge on any atom is 0.0439 e. The van der Waals surface area contributed by atoms with Gasteiger partial charge in [0.2, 0.25) is 0 Å². The molecule has 1 atom stereocenters. The fourth-order valence-electron chi connectivity index (χ4n) is 2.15. The van der Waals surface area contributed by atoms with E-state index in [-0.39, 0.29) is 0 Å². The van der Waals surface area contributed by atoms with E-state index in [0.717, 1.165) is 28.5 Å². The van der Waals surface area contributed by atoms with E-state index in [1.54, 1.807) is 6.07 Å². The lowest BCUT2D eigenvalue weighted by atomic mass is 9.94. The molecule has 0 fully saturated rings. The van der Waals surface area contributed by atoms with Crippen molar-refractivity contribution in [1.82, 2.24) is 0 Å². The van der Waals surface area contributed by atoms with Gasteiger partial charge >= 0.3 is 0 Å². The summed E-state index contributed by atoms with van der Waals surface area (Å²) in [5, 5.41) is 2.18. The Hall–Kier alpha value is -0.400. The SMILES string of the molecule is ClCC(Cc1ccc(Cl)cc1)Cc1cc(Cl)ccc1Cl. The summed E-state index contributed by atoms with van der Waals surface area (Å²) in [6.07, 6.45) is 1.70. The second-order valence-electron chi connectivity index (χ2n) is 4.79. The summed E-state index contributed by atoms with van der Waals surface area (Å²) in [7, 11) is 0. The third kappa shape index (κ3) is 4.56. The number of benzene rings is 2. The molecule has 0 aliphatic carbocycles. The second-order valence-corrected chi connectivity index (χ2v) is 6.38. The molecule has 2 rings (SSSR count). The number of halogens is 4. The first-order chi connectivity index (χ1) is 9.58. The lowest BCUT2D eigenvalue weighted by molar-refractivity contribution is 0.584. The average molecular weight is 348 g/mol. The summed E-state index contributed by atoms with van der Waals surface area (Å²) in [5.41, 5.74) is 2.26. The Morgan fingerprint density at radius 2 is 1.45 bits per heavy atom. The van der Waals surface area contributed by atoms with Crippen LogP contribution >= 0.6 is 46.4 Å². The number of hydrogen-bond donors (Lipinski definition) is 0. The van der Waals surface area contributed by atoms with Gasteiger partial charge in [0.1, 0.15) is 0 Å². The van der Waals surface area contributed by atoms with Gasteiger partial charge in [0.15, 0.2) is 0 Å². The Kier molecular flexibility index (Phi) is 6.04. The number of alkyl halides is 1. The van der Waals surface area contributed by atoms with Crippen molar-refractivity contribution in [2.24, 2.45) is 5.92 Å². The summed E-state index contributed by atoms with van der Waals surface area (Å²) in [4.78, 5) is 0. The van der Waals surface area contributed by atoms with E-state index in [2.05, 4.69) is 0 Å².